The number of esters is 1. The fraction of sp³-hybridized carbons (Fsp3) is 0.875. The van der Waals surface area contributed by atoms with E-state index in [0.717, 1.165) is 0 Å². The lowest BCUT2D eigenvalue weighted by atomic mass is 10.4. The number of hydrogen-bond acceptors (Lipinski definition) is 4. The van der Waals surface area contributed by atoms with Gasteiger partial charge in [0.25, 0.3) is 0 Å². The molecule has 5 nitrogen and oxygen atoms in total. The first kappa shape index (κ1) is 13.6. The summed E-state index contributed by atoms with van der Waals surface area (Å²) >= 11 is 0. The lowest BCUT2D eigenvalue weighted by Crippen LogP contribution is -2.32. The van der Waals surface area contributed by atoms with Gasteiger partial charge >= 0.3 is 5.97 Å². The third-order valence-corrected chi connectivity index (χ3v) is 2.66. The van der Waals surface area contributed by atoms with Crippen LogP contribution in [0.2, 0.25) is 0 Å². The van der Waals surface area contributed by atoms with Crippen LogP contribution in [0, 0.1) is 0 Å². The molecule has 0 aliphatic rings. The highest BCUT2D eigenvalue weighted by molar-refractivity contribution is 7.42. The Morgan fingerprint density at radius 3 is 2.43 bits per heavy atom. The van der Waals surface area contributed by atoms with Crippen LogP contribution in [0.5, 0.6) is 0 Å². The Hall–Kier alpha value is -0.380. The van der Waals surface area contributed by atoms with Crippen molar-refractivity contribution in [3.05, 3.63) is 0 Å². The zero-order chi connectivity index (χ0) is 11.1. The quantitative estimate of drug-likeness (QED) is 0.537. The van der Waals surface area contributed by atoms with Crippen molar-refractivity contribution >= 4 is 13.9 Å². The average molecular weight is 223 g/mol. The van der Waals surface area contributed by atoms with E-state index in [4.69, 9.17) is 4.74 Å². The maximum Gasteiger partial charge on any atom is 0.323 e. The van der Waals surface area contributed by atoms with E-state index in [1.807, 2.05) is 0 Å². The Kier molecular flexibility index (Phi) is 6.79. The summed E-state index contributed by atoms with van der Waals surface area (Å²) in [6.45, 7) is 5.15. The van der Waals surface area contributed by atoms with E-state index in [0.29, 0.717) is 0 Å². The maximum absolute atomic E-state index is 11.2. The molecule has 2 atom stereocenters. The van der Waals surface area contributed by atoms with Crippen molar-refractivity contribution in [1.29, 1.82) is 0 Å². The summed E-state index contributed by atoms with van der Waals surface area (Å²) in [6.07, 6.45) is -0.0271. The van der Waals surface area contributed by atoms with Crippen molar-refractivity contribution in [1.82, 2.24) is 5.09 Å². The summed E-state index contributed by atoms with van der Waals surface area (Å²) in [5.41, 5.74) is 0. The van der Waals surface area contributed by atoms with Crippen LogP contribution in [-0.4, -0.2) is 31.6 Å². The monoisotopic (exact) mass is 223 g/mol. The highest BCUT2D eigenvalue weighted by Crippen LogP contribution is 2.15. The van der Waals surface area contributed by atoms with Gasteiger partial charge < -0.3 is 14.0 Å². The van der Waals surface area contributed by atoms with E-state index < -0.39 is 20.0 Å². The van der Waals surface area contributed by atoms with Gasteiger partial charge in [-0.05, 0) is 20.8 Å². The minimum absolute atomic E-state index is 0.129. The lowest BCUT2D eigenvalue weighted by molar-refractivity contribution is -0.148. The second-order valence-corrected chi connectivity index (χ2v) is 4.63. The highest BCUT2D eigenvalue weighted by Gasteiger charge is 2.16. The first-order valence-corrected chi connectivity index (χ1v) is 6.07. The van der Waals surface area contributed by atoms with Crippen LogP contribution in [0.15, 0.2) is 0 Å². The van der Waals surface area contributed by atoms with Gasteiger partial charge in [-0.3, -0.25) is 9.88 Å². The SMILES string of the molecule is COC[PH](=O)NC(C)C(=O)OC(C)C. The summed E-state index contributed by atoms with van der Waals surface area (Å²) in [5.74, 6) is -0.394. The highest BCUT2D eigenvalue weighted by atomic mass is 31.1. The van der Waals surface area contributed by atoms with Crippen molar-refractivity contribution < 1.29 is 18.8 Å². The van der Waals surface area contributed by atoms with Gasteiger partial charge in [-0.15, -0.1) is 0 Å². The fourth-order valence-electron chi connectivity index (χ4n) is 0.808. The zero-order valence-corrected chi connectivity index (χ0v) is 9.99. The molecule has 0 aromatic carbocycles. The van der Waals surface area contributed by atoms with Crippen LogP contribution in [0.25, 0.3) is 0 Å². The molecule has 6 heteroatoms. The molecule has 2 unspecified atom stereocenters. The first-order chi connectivity index (χ1) is 6.47. The average Bonchev–Trinajstić information content (AvgIpc) is 2.02. The van der Waals surface area contributed by atoms with Crippen LogP contribution < -0.4 is 5.09 Å². The van der Waals surface area contributed by atoms with Gasteiger partial charge in [-0.1, -0.05) is 0 Å². The van der Waals surface area contributed by atoms with E-state index in [1.165, 1.54) is 7.11 Å². The van der Waals surface area contributed by atoms with E-state index in [-0.39, 0.29) is 12.5 Å². The number of carbonyl (C=O) groups is 1. The van der Waals surface area contributed by atoms with Crippen LogP contribution in [-0.2, 0) is 18.8 Å². The molecule has 84 valence electrons. The largest absolute Gasteiger partial charge is 0.462 e. The molecule has 0 heterocycles. The number of ether oxygens (including phenoxy) is 2. The summed E-state index contributed by atoms with van der Waals surface area (Å²) in [7, 11) is -0.583. The Morgan fingerprint density at radius 1 is 1.43 bits per heavy atom. The molecule has 0 fully saturated rings. The normalized spacial score (nSPS) is 15.2. The molecule has 0 saturated heterocycles. The van der Waals surface area contributed by atoms with Crippen LogP contribution in [0.4, 0.5) is 0 Å². The molecule has 0 aliphatic heterocycles. The van der Waals surface area contributed by atoms with Crippen molar-refractivity contribution in [2.75, 3.05) is 13.5 Å². The smallest absolute Gasteiger partial charge is 0.323 e. The van der Waals surface area contributed by atoms with Crippen LogP contribution in [0.1, 0.15) is 20.8 Å². The Bertz CT molecular complexity index is 208. The standard InChI is InChI=1S/C8H18NO4P/c1-6(2)13-8(10)7(3)9-14(11)5-12-4/h6-7,14H,5H2,1-4H3,(H,9,11). The van der Waals surface area contributed by atoms with E-state index in [1.54, 1.807) is 20.8 Å². The topological polar surface area (TPSA) is 64.6 Å². The summed E-state index contributed by atoms with van der Waals surface area (Å²) in [5, 5.41) is 2.63. The van der Waals surface area contributed by atoms with Crippen molar-refractivity contribution in [2.24, 2.45) is 0 Å². The third kappa shape index (κ3) is 6.13. The molecule has 0 amide bonds. The summed E-state index contributed by atoms with van der Waals surface area (Å²) in [4.78, 5) is 11.2. The number of carbonyl (C=O) groups excluding carboxylic acids is 1. The van der Waals surface area contributed by atoms with Gasteiger partial charge in [0.15, 0.2) is 7.95 Å². The Morgan fingerprint density at radius 2 is 2.00 bits per heavy atom. The molecule has 0 bridgehead atoms. The number of rotatable bonds is 6. The second-order valence-electron chi connectivity index (χ2n) is 3.21. The molecule has 0 spiro atoms. The molecule has 1 N–H and O–H groups in total. The minimum Gasteiger partial charge on any atom is -0.462 e. The molecule has 0 aliphatic carbocycles. The van der Waals surface area contributed by atoms with E-state index in [9.17, 15) is 9.36 Å². The van der Waals surface area contributed by atoms with Crippen LogP contribution in [0.3, 0.4) is 0 Å². The van der Waals surface area contributed by atoms with Gasteiger partial charge in [0.05, 0.1) is 6.10 Å². The fourth-order valence-corrected chi connectivity index (χ4v) is 1.75. The molecule has 0 saturated carbocycles. The van der Waals surface area contributed by atoms with Crippen LogP contribution >= 0.6 is 7.95 Å². The maximum atomic E-state index is 11.2. The Labute approximate surface area is 85.0 Å². The first-order valence-electron chi connectivity index (χ1n) is 4.46. The summed E-state index contributed by atoms with van der Waals surface area (Å²) in [6, 6.07) is -0.557. The third-order valence-electron chi connectivity index (χ3n) is 1.36. The molecular formula is C8H18NO4P. The lowest BCUT2D eigenvalue weighted by Gasteiger charge is -2.14. The van der Waals surface area contributed by atoms with Gasteiger partial charge in [0, 0.05) is 7.11 Å². The van der Waals surface area contributed by atoms with Gasteiger partial charge in [0.1, 0.15) is 12.4 Å². The predicted octanol–water partition coefficient (Wildman–Crippen LogP) is 0.995. The van der Waals surface area contributed by atoms with E-state index >= 15 is 0 Å². The van der Waals surface area contributed by atoms with Crippen molar-refractivity contribution in [3.8, 4) is 0 Å². The number of hydrogen-bond donors (Lipinski definition) is 1. The molecule has 0 radical (unpaired) electrons. The second kappa shape index (κ2) is 6.98. The molecular weight excluding hydrogens is 205 g/mol. The molecule has 14 heavy (non-hydrogen) atoms. The van der Waals surface area contributed by atoms with E-state index in [2.05, 4.69) is 9.82 Å². The minimum atomic E-state index is -2.04. The summed E-state index contributed by atoms with van der Waals surface area (Å²) < 4.78 is 20.8. The molecule has 0 aromatic rings. The molecule has 0 rings (SSSR count). The number of nitrogens with one attached hydrogen (secondary N) is 1. The Balaban J connectivity index is 3.88. The number of methoxy groups -OCH3 is 1. The molecule has 0 aromatic heterocycles. The predicted molar refractivity (Wildman–Crippen MR) is 54.7 cm³/mol. The zero-order valence-electron chi connectivity index (χ0n) is 8.99. The van der Waals surface area contributed by atoms with Gasteiger partial charge in [-0.25, -0.2) is 0 Å². The van der Waals surface area contributed by atoms with Crippen molar-refractivity contribution in [3.63, 3.8) is 0 Å². The van der Waals surface area contributed by atoms with Gasteiger partial charge in [-0.2, -0.15) is 0 Å². The van der Waals surface area contributed by atoms with Crippen molar-refractivity contribution in [2.45, 2.75) is 32.9 Å². The van der Waals surface area contributed by atoms with Gasteiger partial charge in [0.2, 0.25) is 0 Å².